The van der Waals surface area contributed by atoms with Gasteiger partial charge in [-0.15, -0.1) is 0 Å². The number of hydrogen-bond donors (Lipinski definition) is 4. The van der Waals surface area contributed by atoms with E-state index in [9.17, 15) is 29.7 Å². The zero-order valence-electron chi connectivity index (χ0n) is 56.0. The number of ketones is 1. The van der Waals surface area contributed by atoms with Gasteiger partial charge in [0.2, 0.25) is 0 Å². The second kappa shape index (κ2) is 34.7. The van der Waals surface area contributed by atoms with Gasteiger partial charge in [-0.1, -0.05) is 225 Å². The zero-order chi connectivity index (χ0) is 68.0. The van der Waals surface area contributed by atoms with Gasteiger partial charge in [0.1, 0.15) is 19.0 Å². The maximum atomic E-state index is 11.7. The minimum atomic E-state index is -0.972. The Kier molecular flexibility index (Phi) is 26.1. The minimum absolute atomic E-state index is 0.0542. The Bertz CT molecular complexity index is 4010. The number of aliphatic carboxylic acids is 2. The third-order valence-corrected chi connectivity index (χ3v) is 18.8. The Morgan fingerprint density at radius 1 is 0.474 bits per heavy atom. The number of carbonyl (C=O) groups is 3. The summed E-state index contributed by atoms with van der Waals surface area (Å²) in [4.78, 5) is 34.3. The molecule has 0 aromatic heterocycles. The van der Waals surface area contributed by atoms with Gasteiger partial charge < -0.3 is 29.9 Å². The number of benzene rings is 9. The summed E-state index contributed by atoms with van der Waals surface area (Å²) >= 11 is 6.38. The third-order valence-electron chi connectivity index (χ3n) is 18.4. The molecular formula is C85H89ClO9. The van der Waals surface area contributed by atoms with E-state index in [2.05, 4.69) is 198 Å². The SMILES string of the molecule is CC(=O)[C@@H](CO)CCc1ccc(C)c(/C=C/c2cccc(-c3ccccc3)c2C)c1.CCC(C)(CCc1ccc(C)c(/C=C/c2cccc(-c3ccc4c(c3)OCCO4)c2C)c1)C(=O)O.Cc1c(/C=C/c2cc(CC[C@H](CO)C(=O)O)ccc2Cl)cccc1-c1ccccc1. The molecule has 0 saturated carbocycles. The van der Waals surface area contributed by atoms with Crippen molar-refractivity contribution in [2.24, 2.45) is 17.3 Å². The second-order valence-corrected chi connectivity index (χ2v) is 25.3. The molecule has 490 valence electrons. The molecule has 0 radical (unpaired) electrons. The van der Waals surface area contributed by atoms with Gasteiger partial charge >= 0.3 is 11.9 Å². The van der Waals surface area contributed by atoms with Crippen molar-refractivity contribution in [3.05, 3.63) is 271 Å². The van der Waals surface area contributed by atoms with Crippen molar-refractivity contribution in [2.45, 2.75) is 100 Å². The van der Waals surface area contributed by atoms with Crippen LogP contribution in [0.25, 0.3) is 69.8 Å². The topological polar surface area (TPSA) is 151 Å². The highest BCUT2D eigenvalue weighted by atomic mass is 35.5. The van der Waals surface area contributed by atoms with Crippen LogP contribution < -0.4 is 9.47 Å². The Balaban J connectivity index is 0.000000183. The summed E-state index contributed by atoms with van der Waals surface area (Å²) in [5.74, 6) is -1.06. The largest absolute Gasteiger partial charge is 0.486 e. The molecule has 0 amide bonds. The molecule has 1 unspecified atom stereocenters. The fraction of sp³-hybridized carbons (Fsp3) is 0.259. The van der Waals surface area contributed by atoms with Gasteiger partial charge in [-0.05, 0) is 223 Å². The maximum Gasteiger partial charge on any atom is 0.309 e. The second-order valence-electron chi connectivity index (χ2n) is 24.9. The molecule has 0 aliphatic carbocycles. The van der Waals surface area contributed by atoms with Crippen molar-refractivity contribution in [3.63, 3.8) is 0 Å². The van der Waals surface area contributed by atoms with Crippen molar-refractivity contribution < 1.29 is 44.3 Å². The smallest absolute Gasteiger partial charge is 0.309 e. The number of ether oxygens (including phenoxy) is 2. The van der Waals surface area contributed by atoms with E-state index in [0.29, 0.717) is 50.3 Å². The summed E-state index contributed by atoms with van der Waals surface area (Å²) in [6, 6.07) is 64.5. The molecule has 4 N–H and O–H groups in total. The molecule has 10 heteroatoms. The Morgan fingerprint density at radius 3 is 1.35 bits per heavy atom. The van der Waals surface area contributed by atoms with Gasteiger partial charge in [0, 0.05) is 10.9 Å². The monoisotopic (exact) mass is 1290 g/mol. The van der Waals surface area contributed by atoms with Gasteiger partial charge in [-0.2, -0.15) is 0 Å². The van der Waals surface area contributed by atoms with E-state index < -0.39 is 23.3 Å². The lowest BCUT2D eigenvalue weighted by Crippen LogP contribution is -2.27. The fourth-order valence-electron chi connectivity index (χ4n) is 11.6. The van der Waals surface area contributed by atoms with Gasteiger partial charge in [0.05, 0.1) is 24.5 Å². The van der Waals surface area contributed by atoms with Gasteiger partial charge in [-0.25, -0.2) is 0 Å². The lowest BCUT2D eigenvalue weighted by Gasteiger charge is -2.22. The van der Waals surface area contributed by atoms with E-state index in [-0.39, 0.29) is 24.9 Å². The number of fused-ring (bicyclic) bond motifs is 1. The minimum Gasteiger partial charge on any atom is -0.486 e. The molecule has 9 nitrogen and oxygen atoms in total. The summed E-state index contributed by atoms with van der Waals surface area (Å²) in [5, 5.41) is 37.9. The highest BCUT2D eigenvalue weighted by Crippen LogP contribution is 2.37. The van der Waals surface area contributed by atoms with Gasteiger partial charge in [-0.3, -0.25) is 14.4 Å². The van der Waals surface area contributed by atoms with Crippen molar-refractivity contribution in [1.29, 1.82) is 0 Å². The van der Waals surface area contributed by atoms with Crippen LogP contribution in [0.4, 0.5) is 0 Å². The van der Waals surface area contributed by atoms with Crippen LogP contribution in [-0.2, 0) is 33.6 Å². The van der Waals surface area contributed by atoms with Crippen molar-refractivity contribution in [1.82, 2.24) is 0 Å². The number of aliphatic hydroxyl groups excluding tert-OH is 2. The van der Waals surface area contributed by atoms with E-state index in [0.717, 1.165) is 63.3 Å². The van der Waals surface area contributed by atoms with Gasteiger partial charge in [0.25, 0.3) is 0 Å². The normalized spacial score (nSPS) is 13.1. The Hall–Kier alpha value is -9.38. The summed E-state index contributed by atoms with van der Waals surface area (Å²) < 4.78 is 11.4. The Morgan fingerprint density at radius 2 is 0.895 bits per heavy atom. The first kappa shape index (κ1) is 71.5. The highest BCUT2D eigenvalue weighted by molar-refractivity contribution is 6.32. The summed E-state index contributed by atoms with van der Waals surface area (Å²) in [5.41, 5.74) is 22.6. The third kappa shape index (κ3) is 19.6. The van der Waals surface area contributed by atoms with Crippen molar-refractivity contribution in [3.8, 4) is 44.9 Å². The van der Waals surface area contributed by atoms with Crippen LogP contribution in [-0.4, -0.2) is 64.6 Å². The van der Waals surface area contributed by atoms with Crippen LogP contribution in [0.3, 0.4) is 0 Å². The van der Waals surface area contributed by atoms with Crippen LogP contribution >= 0.6 is 11.6 Å². The van der Waals surface area contributed by atoms with Gasteiger partial charge in [0.15, 0.2) is 11.5 Å². The molecule has 1 aliphatic rings. The molecule has 9 aromatic rings. The number of rotatable bonds is 24. The van der Waals surface area contributed by atoms with E-state index in [1.807, 2.05) is 74.5 Å². The summed E-state index contributed by atoms with van der Waals surface area (Å²) in [7, 11) is 0. The van der Waals surface area contributed by atoms with Crippen LogP contribution in [0.5, 0.6) is 11.5 Å². The van der Waals surface area contributed by atoms with E-state index in [1.165, 1.54) is 72.3 Å². The molecule has 9 aromatic carbocycles. The predicted molar refractivity (Wildman–Crippen MR) is 392 cm³/mol. The molecule has 0 saturated heterocycles. The number of halogens is 1. The van der Waals surface area contributed by atoms with Crippen LogP contribution in [0.15, 0.2) is 188 Å². The van der Waals surface area contributed by atoms with E-state index >= 15 is 0 Å². The zero-order valence-corrected chi connectivity index (χ0v) is 56.8. The quantitative estimate of drug-likeness (QED) is 0.0434. The number of carbonyl (C=O) groups excluding carboxylic acids is 1. The standard InChI is InChI=1S/C31H34O4.C28H30O2.C26H25ClO3/c1-5-31(4,30(32)33)16-15-23-10-9-21(2)25(19-23)12-11-24-7-6-8-27(22(24)3)26-13-14-28-29(20-26)35-18-17-34-28;1-20-12-13-23(14-15-27(19-29)22(3)30)18-26(20)17-16-24-10-7-11-28(21(24)2)25-8-5-4-6-9-25;1-18-20(8-5-9-24(18)21-6-3-2-4-7-21)13-14-22-16-19(11-15-25(22)27)10-12-23(17-28)26(29)30/h6-14,19-20H,5,15-18H2,1-4H3,(H,32,33);4-13,16-18,27,29H,14-15,19H2,1-3H3;2-9,11,13-16,23,28H,10,12,17H2,1H3,(H,29,30)/b12-11+;17-16+;14-13+/t;27-;23-/m.11/s1. The molecule has 0 fully saturated rings. The molecule has 3 atom stereocenters. The summed E-state index contributed by atoms with van der Waals surface area (Å²) in [6.07, 6.45) is 17.1. The molecule has 0 bridgehead atoms. The highest BCUT2D eigenvalue weighted by Gasteiger charge is 2.30. The molecule has 10 rings (SSSR count). The average molecular weight is 1290 g/mol. The molecule has 1 heterocycles. The van der Waals surface area contributed by atoms with Crippen LogP contribution in [0.1, 0.15) is 124 Å². The molecule has 1 aliphatic heterocycles. The van der Waals surface area contributed by atoms with Crippen molar-refractivity contribution >= 4 is 65.8 Å². The number of carboxylic acid groups (broad SMARTS) is 2. The average Bonchev–Trinajstić information content (AvgIpc) is 0.954. The molecule has 0 spiro atoms. The van der Waals surface area contributed by atoms with E-state index in [1.54, 1.807) is 6.92 Å². The number of hydrogen-bond acceptors (Lipinski definition) is 7. The van der Waals surface area contributed by atoms with E-state index in [4.69, 9.17) is 26.2 Å². The first-order chi connectivity index (χ1) is 45.8. The summed E-state index contributed by atoms with van der Waals surface area (Å²) in [6.45, 7) is 16.7. The van der Waals surface area contributed by atoms with Crippen LogP contribution in [0.2, 0.25) is 5.02 Å². The first-order valence-electron chi connectivity index (χ1n) is 32.8. The first-order valence-corrected chi connectivity index (χ1v) is 33.2. The fourth-order valence-corrected chi connectivity index (χ4v) is 11.8. The molecular weight excluding hydrogens is 1200 g/mol. The number of carboxylic acids is 2. The maximum absolute atomic E-state index is 11.7. The number of aliphatic hydroxyl groups is 2. The van der Waals surface area contributed by atoms with Crippen LogP contribution in [0, 0.1) is 51.9 Å². The van der Waals surface area contributed by atoms with Crippen molar-refractivity contribution in [2.75, 3.05) is 26.4 Å². The predicted octanol–water partition coefficient (Wildman–Crippen LogP) is 19.7. The lowest BCUT2D eigenvalue weighted by molar-refractivity contribution is -0.148. The molecule has 95 heavy (non-hydrogen) atoms. The Labute approximate surface area is 566 Å². The number of aryl methyl sites for hydroxylation is 5. The lowest BCUT2D eigenvalue weighted by atomic mass is 9.81. The number of Topliss-reactive ketones (excluding diaryl/α,β-unsaturated/α-hetero) is 1.